The van der Waals surface area contributed by atoms with E-state index in [1.54, 1.807) is 4.90 Å². The van der Waals surface area contributed by atoms with Crippen LogP contribution in [0, 0.1) is 11.3 Å². The molecule has 0 N–H and O–H groups in total. The smallest absolute Gasteiger partial charge is 0.550 e. The van der Waals surface area contributed by atoms with Gasteiger partial charge in [0.15, 0.2) is 0 Å². The number of hydrogen-bond donors (Lipinski definition) is 0. The first-order valence-corrected chi connectivity index (χ1v) is 12.4. The molecule has 0 aromatic heterocycles. The maximum Gasteiger partial charge on any atom is 1.00 e. The Balaban J connectivity index is 0.00000408. The third-order valence-electron chi connectivity index (χ3n) is 7.21. The summed E-state index contributed by atoms with van der Waals surface area (Å²) in [6.45, 7) is 7.83. The van der Waals surface area contributed by atoms with E-state index in [9.17, 15) is 14.7 Å². The molecule has 5 nitrogen and oxygen atoms in total. The summed E-state index contributed by atoms with van der Waals surface area (Å²) >= 11 is 6.76. The number of hydrogen-bond acceptors (Lipinski definition) is 4. The summed E-state index contributed by atoms with van der Waals surface area (Å²) in [5, 5.41) is 11.8. The van der Waals surface area contributed by atoms with Gasteiger partial charge in [0.25, 0.3) is 0 Å². The zero-order chi connectivity index (χ0) is 24.4. The molecule has 3 rings (SSSR count). The second kappa shape index (κ2) is 11.9. The molecule has 0 saturated heterocycles. The number of allylic oxidation sites excluding steroid dienone is 1. The SMILES string of the molecule is CN(C)CCC1CCC2(c3ccc(CCC(C)(C)C)c(Cl)c3)CC(=O)N(CCC(=O)[O-])C=C12.[Na+]. The van der Waals surface area contributed by atoms with Crippen molar-refractivity contribution in [3.63, 3.8) is 0 Å². The van der Waals surface area contributed by atoms with Crippen LogP contribution in [0.4, 0.5) is 0 Å². The molecule has 2 atom stereocenters. The zero-order valence-corrected chi connectivity index (χ0v) is 24.5. The van der Waals surface area contributed by atoms with Crippen molar-refractivity contribution in [3.05, 3.63) is 46.1 Å². The molecule has 1 saturated carbocycles. The van der Waals surface area contributed by atoms with Gasteiger partial charge in [-0.1, -0.05) is 44.5 Å². The number of aryl methyl sites for hydroxylation is 1. The van der Waals surface area contributed by atoms with Gasteiger partial charge in [-0.25, -0.2) is 0 Å². The van der Waals surface area contributed by atoms with E-state index in [1.807, 2.05) is 6.20 Å². The number of nitrogens with zero attached hydrogens (tertiary/aromatic N) is 2. The largest absolute Gasteiger partial charge is 1.00 e. The molecular weight excluding hydrogens is 459 g/mol. The first-order valence-electron chi connectivity index (χ1n) is 12.1. The number of halogens is 1. The van der Waals surface area contributed by atoms with Crippen LogP contribution >= 0.6 is 11.6 Å². The molecule has 1 aliphatic carbocycles. The predicted molar refractivity (Wildman–Crippen MR) is 131 cm³/mol. The Morgan fingerprint density at radius 3 is 2.59 bits per heavy atom. The number of carboxylic acid groups (broad SMARTS) is 1. The van der Waals surface area contributed by atoms with Crippen LogP contribution in [0.1, 0.15) is 70.4 Å². The second-order valence-corrected chi connectivity index (χ2v) is 11.7. The van der Waals surface area contributed by atoms with E-state index in [0.29, 0.717) is 12.3 Å². The molecular formula is C27H38ClN2NaO3. The minimum atomic E-state index is -1.13. The quantitative estimate of drug-likeness (QED) is 0.482. The molecule has 1 amide bonds. The van der Waals surface area contributed by atoms with Gasteiger partial charge in [-0.3, -0.25) is 4.79 Å². The van der Waals surface area contributed by atoms with Gasteiger partial charge in [-0.05, 0) is 86.8 Å². The number of carbonyl (C=O) groups is 2. The Bertz CT molecular complexity index is 925. The van der Waals surface area contributed by atoms with Crippen LogP contribution in [0.15, 0.2) is 30.0 Å². The molecule has 1 aromatic carbocycles. The third kappa shape index (κ3) is 7.10. The van der Waals surface area contributed by atoms with Gasteiger partial charge in [0.2, 0.25) is 5.91 Å². The van der Waals surface area contributed by atoms with Crippen molar-refractivity contribution in [2.45, 2.75) is 71.1 Å². The monoisotopic (exact) mass is 496 g/mol. The van der Waals surface area contributed by atoms with Gasteiger partial charge < -0.3 is 19.7 Å². The molecule has 0 bridgehead atoms. The standard InChI is InChI=1S/C27H39ClN2O3.Na/c1-26(2,3)12-8-20-6-7-21(16-23(20)28)27-13-9-19(10-14-29(4)5)22(27)18-30(24(31)17-27)15-11-25(32)33;/h6-7,16,18-19H,8-15,17H2,1-5H3,(H,32,33);/q;+1/p-1. The van der Waals surface area contributed by atoms with Crippen molar-refractivity contribution in [2.24, 2.45) is 11.3 Å². The van der Waals surface area contributed by atoms with Gasteiger partial charge in [0, 0.05) is 42.0 Å². The van der Waals surface area contributed by atoms with E-state index in [2.05, 4.69) is 58.0 Å². The van der Waals surface area contributed by atoms with Crippen LogP contribution < -0.4 is 34.7 Å². The van der Waals surface area contributed by atoms with Gasteiger partial charge >= 0.3 is 29.6 Å². The van der Waals surface area contributed by atoms with Gasteiger partial charge in [0.05, 0.1) is 0 Å². The number of rotatable bonds is 9. The molecule has 0 spiro atoms. The fourth-order valence-electron chi connectivity index (χ4n) is 5.22. The normalized spacial score (nSPS) is 22.4. The second-order valence-electron chi connectivity index (χ2n) is 11.2. The van der Waals surface area contributed by atoms with Crippen molar-refractivity contribution in [2.75, 3.05) is 27.2 Å². The fraction of sp³-hybridized carbons (Fsp3) is 0.630. The Morgan fingerprint density at radius 2 is 2.00 bits per heavy atom. The number of fused-ring (bicyclic) bond motifs is 1. The van der Waals surface area contributed by atoms with Gasteiger partial charge in [-0.15, -0.1) is 0 Å². The van der Waals surface area contributed by atoms with Crippen molar-refractivity contribution in [1.82, 2.24) is 9.80 Å². The molecule has 2 unspecified atom stereocenters. The van der Waals surface area contributed by atoms with E-state index >= 15 is 0 Å². The van der Waals surface area contributed by atoms with E-state index in [4.69, 9.17) is 11.6 Å². The van der Waals surface area contributed by atoms with Crippen molar-refractivity contribution in [3.8, 4) is 0 Å². The minimum Gasteiger partial charge on any atom is -0.550 e. The molecule has 1 fully saturated rings. The molecule has 1 heterocycles. The first-order chi connectivity index (χ1) is 15.4. The van der Waals surface area contributed by atoms with Gasteiger partial charge in [-0.2, -0.15) is 0 Å². The molecule has 1 aliphatic heterocycles. The Kier molecular flexibility index (Phi) is 10.3. The summed E-state index contributed by atoms with van der Waals surface area (Å²) in [4.78, 5) is 27.9. The minimum absolute atomic E-state index is 0. The van der Waals surface area contributed by atoms with Crippen molar-refractivity contribution in [1.29, 1.82) is 0 Å². The van der Waals surface area contributed by atoms with E-state index in [-0.39, 0.29) is 59.3 Å². The number of carboxylic acids is 1. The van der Waals surface area contributed by atoms with Crippen molar-refractivity contribution < 1.29 is 44.3 Å². The fourth-order valence-corrected chi connectivity index (χ4v) is 5.49. The van der Waals surface area contributed by atoms with Crippen LogP contribution in [0.2, 0.25) is 5.02 Å². The molecule has 1 aromatic rings. The maximum absolute atomic E-state index is 13.1. The summed E-state index contributed by atoms with van der Waals surface area (Å²) in [6.07, 6.45) is 7.09. The van der Waals surface area contributed by atoms with Crippen molar-refractivity contribution >= 4 is 23.5 Å². The van der Waals surface area contributed by atoms with E-state index in [1.165, 1.54) is 5.57 Å². The van der Waals surface area contributed by atoms with Crippen LogP contribution in [-0.2, 0) is 21.4 Å². The molecule has 34 heavy (non-hydrogen) atoms. The third-order valence-corrected chi connectivity index (χ3v) is 7.56. The Morgan fingerprint density at radius 1 is 1.29 bits per heavy atom. The zero-order valence-electron chi connectivity index (χ0n) is 21.7. The summed E-state index contributed by atoms with van der Waals surface area (Å²) in [5.74, 6) is -0.794. The topological polar surface area (TPSA) is 63.7 Å². The first kappa shape index (κ1) is 29.4. The molecule has 182 valence electrons. The summed E-state index contributed by atoms with van der Waals surface area (Å²) in [6, 6.07) is 6.37. The summed E-state index contributed by atoms with van der Waals surface area (Å²) in [5.41, 5.74) is 3.40. The molecule has 2 aliphatic rings. The van der Waals surface area contributed by atoms with Crippen LogP contribution in [0.5, 0.6) is 0 Å². The number of amides is 1. The summed E-state index contributed by atoms with van der Waals surface area (Å²) in [7, 11) is 4.15. The van der Waals surface area contributed by atoms with Gasteiger partial charge in [0.1, 0.15) is 0 Å². The number of carbonyl (C=O) groups excluding carboxylic acids is 2. The maximum atomic E-state index is 13.1. The molecule has 0 radical (unpaired) electrons. The average molecular weight is 497 g/mol. The predicted octanol–water partition coefficient (Wildman–Crippen LogP) is 1.18. The van der Waals surface area contributed by atoms with Crippen LogP contribution in [0.25, 0.3) is 0 Å². The van der Waals surface area contributed by atoms with Crippen LogP contribution in [-0.4, -0.2) is 48.9 Å². The van der Waals surface area contributed by atoms with E-state index in [0.717, 1.165) is 54.8 Å². The van der Waals surface area contributed by atoms with E-state index < -0.39 is 5.97 Å². The number of benzene rings is 1. The van der Waals surface area contributed by atoms with Crippen LogP contribution in [0.3, 0.4) is 0 Å². The average Bonchev–Trinajstić information content (AvgIpc) is 3.07. The number of aliphatic carboxylic acids is 1. The Hall–Kier alpha value is -0.850. The summed E-state index contributed by atoms with van der Waals surface area (Å²) < 4.78 is 0. The molecule has 7 heteroatoms. The Labute approximate surface area is 232 Å².